The lowest BCUT2D eigenvalue weighted by Gasteiger charge is -2.10. The van der Waals surface area contributed by atoms with Crippen LogP contribution >= 0.6 is 31.9 Å². The van der Waals surface area contributed by atoms with E-state index in [0.29, 0.717) is 8.95 Å². The van der Waals surface area contributed by atoms with E-state index in [9.17, 15) is 12.8 Å². The lowest BCUT2D eigenvalue weighted by Crippen LogP contribution is -2.11. The molecule has 0 radical (unpaired) electrons. The standard InChI is InChI=1S/C12H8Br2FNO3S/c13-7-1-3-10(15)12(5-7)19-11-4-2-8(6-9(11)14)20(16,17)18/h1-6H,(H2,16,17,18). The number of primary sulfonamides is 1. The number of rotatable bonds is 3. The van der Waals surface area contributed by atoms with Crippen LogP contribution in [0.1, 0.15) is 0 Å². The molecule has 2 aromatic carbocycles. The normalized spacial score (nSPS) is 11.4. The third-order valence-electron chi connectivity index (χ3n) is 2.35. The molecule has 2 N–H and O–H groups in total. The molecule has 0 aliphatic carbocycles. The van der Waals surface area contributed by atoms with Crippen LogP contribution in [0.15, 0.2) is 50.2 Å². The Morgan fingerprint density at radius 2 is 1.75 bits per heavy atom. The van der Waals surface area contributed by atoms with E-state index in [2.05, 4.69) is 31.9 Å². The second-order valence-electron chi connectivity index (χ2n) is 3.81. The largest absolute Gasteiger partial charge is 0.453 e. The highest BCUT2D eigenvalue weighted by atomic mass is 79.9. The van der Waals surface area contributed by atoms with Crippen LogP contribution in [0.4, 0.5) is 4.39 Å². The molecule has 0 unspecified atom stereocenters. The summed E-state index contributed by atoms with van der Waals surface area (Å²) in [5.74, 6) is -0.242. The zero-order valence-electron chi connectivity index (χ0n) is 9.81. The summed E-state index contributed by atoms with van der Waals surface area (Å²) in [6, 6.07) is 8.23. The summed E-state index contributed by atoms with van der Waals surface area (Å²) in [5, 5.41) is 5.02. The molecule has 4 nitrogen and oxygen atoms in total. The number of benzene rings is 2. The zero-order chi connectivity index (χ0) is 14.9. The monoisotopic (exact) mass is 423 g/mol. The minimum atomic E-state index is -3.80. The van der Waals surface area contributed by atoms with Gasteiger partial charge in [0.1, 0.15) is 5.75 Å². The number of hydrogen-bond donors (Lipinski definition) is 1. The molecule has 0 atom stereocenters. The Hall–Kier alpha value is -0.960. The number of sulfonamides is 1. The second-order valence-corrected chi connectivity index (χ2v) is 7.15. The summed E-state index contributed by atoms with van der Waals surface area (Å²) < 4.78 is 42.4. The van der Waals surface area contributed by atoms with E-state index in [4.69, 9.17) is 9.88 Å². The highest BCUT2D eigenvalue weighted by molar-refractivity contribution is 9.10. The molecule has 0 heterocycles. The summed E-state index contributed by atoms with van der Waals surface area (Å²) in [5.41, 5.74) is 0. The molecular weight excluding hydrogens is 417 g/mol. The van der Waals surface area contributed by atoms with Crippen molar-refractivity contribution in [2.24, 2.45) is 5.14 Å². The molecular formula is C12H8Br2FNO3S. The number of nitrogens with two attached hydrogens (primary N) is 1. The average molecular weight is 425 g/mol. The number of ether oxygens (including phenoxy) is 1. The van der Waals surface area contributed by atoms with Gasteiger partial charge in [0.05, 0.1) is 9.37 Å². The van der Waals surface area contributed by atoms with E-state index in [1.54, 1.807) is 6.07 Å². The van der Waals surface area contributed by atoms with Crippen molar-refractivity contribution in [3.8, 4) is 11.5 Å². The molecule has 0 aromatic heterocycles. The third-order valence-corrected chi connectivity index (χ3v) is 4.37. The van der Waals surface area contributed by atoms with Crippen LogP contribution in [0.5, 0.6) is 11.5 Å². The van der Waals surface area contributed by atoms with Crippen molar-refractivity contribution >= 4 is 41.9 Å². The van der Waals surface area contributed by atoms with Crippen LogP contribution in [0.25, 0.3) is 0 Å². The van der Waals surface area contributed by atoms with Gasteiger partial charge in [-0.05, 0) is 52.3 Å². The molecule has 0 aliphatic rings. The lowest BCUT2D eigenvalue weighted by atomic mass is 10.3. The van der Waals surface area contributed by atoms with Gasteiger partial charge in [0.25, 0.3) is 0 Å². The summed E-state index contributed by atoms with van der Waals surface area (Å²) >= 11 is 6.37. The molecule has 0 bridgehead atoms. The van der Waals surface area contributed by atoms with Gasteiger partial charge in [-0.2, -0.15) is 0 Å². The zero-order valence-corrected chi connectivity index (χ0v) is 13.8. The fraction of sp³-hybridized carbons (Fsp3) is 0. The van der Waals surface area contributed by atoms with Crippen molar-refractivity contribution < 1.29 is 17.5 Å². The highest BCUT2D eigenvalue weighted by Gasteiger charge is 2.13. The molecule has 0 saturated heterocycles. The first kappa shape index (κ1) is 15.4. The van der Waals surface area contributed by atoms with Crippen LogP contribution < -0.4 is 9.88 Å². The quantitative estimate of drug-likeness (QED) is 0.814. The van der Waals surface area contributed by atoms with E-state index < -0.39 is 15.8 Å². The fourth-order valence-electron chi connectivity index (χ4n) is 1.42. The molecule has 2 rings (SSSR count). The Balaban J connectivity index is 2.38. The fourth-order valence-corrected chi connectivity index (χ4v) is 2.91. The Morgan fingerprint density at radius 1 is 1.05 bits per heavy atom. The van der Waals surface area contributed by atoms with Crippen LogP contribution in [0.2, 0.25) is 0 Å². The van der Waals surface area contributed by atoms with Crippen molar-refractivity contribution in [2.45, 2.75) is 4.90 Å². The molecule has 0 aliphatic heterocycles. The van der Waals surface area contributed by atoms with Crippen molar-refractivity contribution in [1.82, 2.24) is 0 Å². The van der Waals surface area contributed by atoms with Gasteiger partial charge in [-0.25, -0.2) is 17.9 Å². The number of halogens is 3. The molecule has 8 heteroatoms. The van der Waals surface area contributed by atoms with E-state index in [-0.39, 0.29) is 16.4 Å². The summed E-state index contributed by atoms with van der Waals surface area (Å²) in [7, 11) is -3.80. The Kier molecular flexibility index (Phi) is 4.48. The first-order chi connectivity index (χ1) is 9.27. The SMILES string of the molecule is NS(=O)(=O)c1ccc(Oc2cc(Br)ccc2F)c(Br)c1. The molecule has 2 aromatic rings. The maximum Gasteiger partial charge on any atom is 0.238 e. The van der Waals surface area contributed by atoms with E-state index in [0.717, 1.165) is 0 Å². The van der Waals surface area contributed by atoms with Gasteiger partial charge >= 0.3 is 0 Å². The predicted molar refractivity (Wildman–Crippen MR) is 79.7 cm³/mol. The van der Waals surface area contributed by atoms with Crippen LogP contribution in [-0.4, -0.2) is 8.42 Å². The number of hydrogen-bond acceptors (Lipinski definition) is 3. The Bertz CT molecular complexity index is 765. The molecule has 0 fully saturated rings. The van der Waals surface area contributed by atoms with Crippen LogP contribution in [0.3, 0.4) is 0 Å². The lowest BCUT2D eigenvalue weighted by molar-refractivity contribution is 0.439. The van der Waals surface area contributed by atoms with Gasteiger partial charge in [-0.15, -0.1) is 0 Å². The predicted octanol–water partition coefficient (Wildman–Crippen LogP) is 3.79. The minimum Gasteiger partial charge on any atom is -0.453 e. The van der Waals surface area contributed by atoms with E-state index in [1.807, 2.05) is 0 Å². The summed E-state index contributed by atoms with van der Waals surface area (Å²) in [4.78, 5) is -0.0635. The van der Waals surface area contributed by atoms with Crippen LogP contribution in [-0.2, 0) is 10.0 Å². The first-order valence-electron chi connectivity index (χ1n) is 5.22. The first-order valence-corrected chi connectivity index (χ1v) is 8.36. The Morgan fingerprint density at radius 3 is 2.35 bits per heavy atom. The second kappa shape index (κ2) is 5.80. The summed E-state index contributed by atoms with van der Waals surface area (Å²) in [6.07, 6.45) is 0. The van der Waals surface area contributed by atoms with Gasteiger partial charge in [-0.3, -0.25) is 0 Å². The molecule has 0 spiro atoms. The van der Waals surface area contributed by atoms with Gasteiger partial charge in [0.15, 0.2) is 11.6 Å². The summed E-state index contributed by atoms with van der Waals surface area (Å²) in [6.45, 7) is 0. The Labute approximate surface area is 132 Å². The van der Waals surface area contributed by atoms with Crippen molar-refractivity contribution in [2.75, 3.05) is 0 Å². The maximum absolute atomic E-state index is 13.6. The van der Waals surface area contributed by atoms with Gasteiger partial charge in [0.2, 0.25) is 10.0 Å². The average Bonchev–Trinajstić information content (AvgIpc) is 2.35. The molecule has 0 saturated carbocycles. The minimum absolute atomic E-state index is 0.0171. The van der Waals surface area contributed by atoms with E-state index >= 15 is 0 Å². The van der Waals surface area contributed by atoms with E-state index in [1.165, 1.54) is 30.3 Å². The van der Waals surface area contributed by atoms with Gasteiger partial charge in [-0.1, -0.05) is 15.9 Å². The van der Waals surface area contributed by atoms with Crippen molar-refractivity contribution in [1.29, 1.82) is 0 Å². The smallest absolute Gasteiger partial charge is 0.238 e. The van der Waals surface area contributed by atoms with Crippen molar-refractivity contribution in [3.63, 3.8) is 0 Å². The molecule has 20 heavy (non-hydrogen) atoms. The topological polar surface area (TPSA) is 69.4 Å². The third kappa shape index (κ3) is 3.57. The van der Waals surface area contributed by atoms with Crippen molar-refractivity contribution in [3.05, 3.63) is 51.2 Å². The molecule has 106 valence electrons. The van der Waals surface area contributed by atoms with Gasteiger partial charge < -0.3 is 4.74 Å². The highest BCUT2D eigenvalue weighted by Crippen LogP contribution is 2.33. The maximum atomic E-state index is 13.6. The molecule has 0 amide bonds. The van der Waals surface area contributed by atoms with Crippen LogP contribution in [0, 0.1) is 5.82 Å². The van der Waals surface area contributed by atoms with Gasteiger partial charge in [0, 0.05) is 4.47 Å².